The quantitative estimate of drug-likeness (QED) is 0.325. The molecule has 0 aliphatic rings. The first kappa shape index (κ1) is 5.00. The monoisotopic (exact) mass is 111 g/mol. The maximum atomic E-state index is 5.27. The number of rotatable bonds is 0. The molecule has 0 heterocycles. The fraction of sp³-hybridized carbons (Fsp3) is 1.00. The molecular formula is C2H4ClTi. The molecule has 1 unspecified atom stereocenters. The maximum absolute atomic E-state index is 5.27. The van der Waals surface area contributed by atoms with Crippen molar-refractivity contribution in [3.8, 4) is 0 Å². The first-order valence-corrected chi connectivity index (χ1v) is 2.42. The van der Waals surface area contributed by atoms with Gasteiger partial charge < -0.3 is 0 Å². The van der Waals surface area contributed by atoms with Crippen molar-refractivity contribution in [1.82, 2.24) is 0 Å². The van der Waals surface area contributed by atoms with Crippen LogP contribution < -0.4 is 0 Å². The minimum atomic E-state index is 0.306. The molecule has 0 saturated heterocycles. The molecule has 0 rings (SSSR count). The molecule has 0 nitrogen and oxygen atoms in total. The molecule has 0 saturated carbocycles. The summed E-state index contributed by atoms with van der Waals surface area (Å²) in [6.45, 7) is 1.93. The van der Waals surface area contributed by atoms with Crippen LogP contribution in [0.2, 0.25) is 0 Å². The van der Waals surface area contributed by atoms with Crippen LogP contribution in [0.25, 0.3) is 0 Å². The summed E-state index contributed by atoms with van der Waals surface area (Å²) in [5.41, 5.74) is 0. The van der Waals surface area contributed by atoms with Gasteiger partial charge in [-0.25, -0.2) is 0 Å². The van der Waals surface area contributed by atoms with Gasteiger partial charge in [0.1, 0.15) is 0 Å². The Hall–Kier alpha value is 1.00. The third kappa shape index (κ3) is 12.0. The van der Waals surface area contributed by atoms with Gasteiger partial charge in [-0.1, -0.05) is 0 Å². The summed E-state index contributed by atoms with van der Waals surface area (Å²) >= 11 is 7.21. The fourth-order valence-corrected chi connectivity index (χ4v) is 0. The zero-order valence-corrected chi connectivity index (χ0v) is 4.77. The Morgan fingerprint density at radius 1 is 2.00 bits per heavy atom. The first-order valence-electron chi connectivity index (χ1n) is 1.08. The molecule has 0 bridgehead atoms. The predicted octanol–water partition coefficient (Wildman–Crippen LogP) is 1.12. The van der Waals surface area contributed by atoms with E-state index in [1.165, 1.54) is 0 Å². The molecule has 4 heavy (non-hydrogen) atoms. The van der Waals surface area contributed by atoms with Gasteiger partial charge in [-0.3, -0.25) is 0 Å². The summed E-state index contributed by atoms with van der Waals surface area (Å²) < 4.78 is 0.306. The Labute approximate surface area is 42.9 Å². The summed E-state index contributed by atoms with van der Waals surface area (Å²) in [4.78, 5) is 0. The Kier molecular flexibility index (Phi) is 2.82. The van der Waals surface area contributed by atoms with Crippen LogP contribution in [-0.2, 0) is 20.4 Å². The zero-order valence-electron chi connectivity index (χ0n) is 2.46. The van der Waals surface area contributed by atoms with Gasteiger partial charge in [0.15, 0.2) is 0 Å². The second-order valence-corrected chi connectivity index (χ2v) is 3.19. The van der Waals surface area contributed by atoms with Gasteiger partial charge in [0.25, 0.3) is 0 Å². The van der Waals surface area contributed by atoms with E-state index in [1.807, 2.05) is 27.4 Å². The molecule has 0 aromatic carbocycles. The molecule has 0 amide bonds. The van der Waals surface area contributed by atoms with E-state index in [9.17, 15) is 0 Å². The van der Waals surface area contributed by atoms with Crippen molar-refractivity contribution >= 4 is 11.6 Å². The fourth-order valence-electron chi connectivity index (χ4n) is 0. The molecule has 0 aromatic heterocycles. The van der Waals surface area contributed by atoms with E-state index in [1.54, 1.807) is 0 Å². The van der Waals surface area contributed by atoms with Crippen LogP contribution in [0.5, 0.6) is 0 Å². The number of hydrogen-bond donors (Lipinski definition) is 0. The van der Waals surface area contributed by atoms with Crippen molar-refractivity contribution in [3.63, 3.8) is 0 Å². The average molecular weight is 111 g/mol. The van der Waals surface area contributed by atoms with Crippen LogP contribution in [0.1, 0.15) is 6.92 Å². The summed E-state index contributed by atoms with van der Waals surface area (Å²) in [6, 6.07) is 0. The number of halogens is 1. The van der Waals surface area contributed by atoms with Gasteiger partial charge in [0.05, 0.1) is 0 Å². The van der Waals surface area contributed by atoms with Crippen LogP contribution in [0.4, 0.5) is 0 Å². The van der Waals surface area contributed by atoms with Gasteiger partial charge in [-0.15, -0.1) is 0 Å². The number of alkyl halides is 1. The van der Waals surface area contributed by atoms with Gasteiger partial charge in [0.2, 0.25) is 0 Å². The minimum absolute atomic E-state index is 0.306. The Morgan fingerprint density at radius 3 is 2.00 bits per heavy atom. The van der Waals surface area contributed by atoms with Crippen LogP contribution in [0, 0.1) is 0 Å². The average Bonchev–Trinajstić information content (AvgIpc) is 0.811. The Bertz CT molecular complexity index is 10.8. The number of hydrogen-bond acceptors (Lipinski definition) is 0. The second-order valence-electron chi connectivity index (χ2n) is 0.616. The van der Waals surface area contributed by atoms with Gasteiger partial charge in [-0.2, -0.15) is 0 Å². The van der Waals surface area contributed by atoms with Crippen molar-refractivity contribution < 1.29 is 20.4 Å². The van der Waals surface area contributed by atoms with Crippen LogP contribution in [0.15, 0.2) is 0 Å². The van der Waals surface area contributed by atoms with Crippen molar-refractivity contribution in [2.45, 2.75) is 10.6 Å². The van der Waals surface area contributed by atoms with E-state index in [0.717, 1.165) is 0 Å². The molecule has 1 atom stereocenters. The first-order chi connectivity index (χ1) is 1.73. The SMILES string of the molecule is C[CH](Cl)[Ti]. The van der Waals surface area contributed by atoms with E-state index in [4.69, 9.17) is 11.6 Å². The van der Waals surface area contributed by atoms with Gasteiger partial charge >= 0.3 is 42.6 Å². The van der Waals surface area contributed by atoms with Crippen LogP contribution >= 0.6 is 11.6 Å². The third-order valence-electron chi connectivity index (χ3n) is 0. The van der Waals surface area contributed by atoms with Crippen molar-refractivity contribution in [2.24, 2.45) is 0 Å². The third-order valence-corrected chi connectivity index (χ3v) is 0. The molecular weight excluding hydrogens is 107 g/mol. The molecule has 23 valence electrons. The summed E-state index contributed by atoms with van der Waals surface area (Å²) in [5, 5.41) is 0. The van der Waals surface area contributed by atoms with Crippen LogP contribution in [-0.4, -0.2) is 3.68 Å². The van der Waals surface area contributed by atoms with E-state index in [0.29, 0.717) is 3.68 Å². The summed E-state index contributed by atoms with van der Waals surface area (Å²) in [6.07, 6.45) is 0. The van der Waals surface area contributed by atoms with Crippen molar-refractivity contribution in [2.75, 3.05) is 0 Å². The molecule has 0 radical (unpaired) electrons. The van der Waals surface area contributed by atoms with Crippen molar-refractivity contribution in [1.29, 1.82) is 0 Å². The predicted molar refractivity (Wildman–Crippen MR) is 15.3 cm³/mol. The zero-order chi connectivity index (χ0) is 3.58. The summed E-state index contributed by atoms with van der Waals surface area (Å²) in [7, 11) is 0. The van der Waals surface area contributed by atoms with Gasteiger partial charge in [0, 0.05) is 0 Å². The molecule has 0 N–H and O–H groups in total. The summed E-state index contributed by atoms with van der Waals surface area (Å²) in [5.74, 6) is 0. The van der Waals surface area contributed by atoms with Crippen molar-refractivity contribution in [3.05, 3.63) is 0 Å². The standard InChI is InChI=1S/C2H4Cl.Ti/c1-2-3;/h2H,1H3;. The molecule has 0 spiro atoms. The molecule has 0 fully saturated rings. The molecule has 0 aromatic rings. The molecule has 0 aliphatic heterocycles. The molecule has 2 heteroatoms. The second kappa shape index (κ2) is 2.25. The van der Waals surface area contributed by atoms with E-state index in [2.05, 4.69) is 0 Å². The van der Waals surface area contributed by atoms with Crippen LogP contribution in [0.3, 0.4) is 0 Å². The topological polar surface area (TPSA) is 0 Å². The Morgan fingerprint density at radius 2 is 2.00 bits per heavy atom. The van der Waals surface area contributed by atoms with Gasteiger partial charge in [-0.05, 0) is 0 Å². The Balaban J connectivity index is 2.32. The molecule has 0 aliphatic carbocycles. The van der Waals surface area contributed by atoms with E-state index >= 15 is 0 Å². The van der Waals surface area contributed by atoms with E-state index in [-0.39, 0.29) is 0 Å². The van der Waals surface area contributed by atoms with E-state index < -0.39 is 0 Å². The normalized spacial score (nSPS) is 15.2.